The third-order valence-corrected chi connectivity index (χ3v) is 5.72. The third-order valence-electron chi connectivity index (χ3n) is 4.60. The second-order valence-electron chi connectivity index (χ2n) is 6.81. The van der Waals surface area contributed by atoms with E-state index in [1.54, 1.807) is 24.3 Å². The van der Waals surface area contributed by atoms with Crippen molar-refractivity contribution in [1.29, 1.82) is 0 Å². The number of anilines is 1. The van der Waals surface area contributed by atoms with Gasteiger partial charge in [-0.2, -0.15) is 0 Å². The molecule has 1 aliphatic carbocycles. The summed E-state index contributed by atoms with van der Waals surface area (Å²) < 4.78 is 50.5. The molecule has 2 atom stereocenters. The summed E-state index contributed by atoms with van der Waals surface area (Å²) in [7, 11) is -3.38. The van der Waals surface area contributed by atoms with E-state index in [-0.39, 0.29) is 23.3 Å². The molecule has 1 amide bonds. The first kappa shape index (κ1) is 20.1. The smallest absolute Gasteiger partial charge is 0.257 e. The van der Waals surface area contributed by atoms with Crippen molar-refractivity contribution in [3.05, 3.63) is 60.3 Å². The van der Waals surface area contributed by atoms with E-state index in [9.17, 15) is 22.0 Å². The zero-order valence-corrected chi connectivity index (χ0v) is 16.0. The van der Waals surface area contributed by atoms with Crippen molar-refractivity contribution < 1.29 is 22.0 Å². The standard InChI is InChI=1S/C20H20F2N2O3S/c1-28(26,27)15-7-5-14(6-8-15)16(10-13-11-17(21)18(22)12-13)20(25)24-19-4-2-3-9-23-19/h2-10,13,17-18H,11-12H2,1H3,(H,23,24,25)/b16-10+. The van der Waals surface area contributed by atoms with Gasteiger partial charge in [-0.05, 0) is 48.6 Å². The lowest BCUT2D eigenvalue weighted by Crippen LogP contribution is -2.15. The van der Waals surface area contributed by atoms with Crippen LogP contribution in [0.2, 0.25) is 0 Å². The number of carbonyl (C=O) groups excluding carboxylic acids is 1. The number of pyridine rings is 1. The highest BCUT2D eigenvalue weighted by molar-refractivity contribution is 7.90. The van der Waals surface area contributed by atoms with Crippen LogP contribution in [0.5, 0.6) is 0 Å². The lowest BCUT2D eigenvalue weighted by molar-refractivity contribution is -0.111. The minimum atomic E-state index is -3.38. The van der Waals surface area contributed by atoms with E-state index in [0.29, 0.717) is 11.4 Å². The minimum absolute atomic E-state index is 0.00293. The number of hydrogen-bond donors (Lipinski definition) is 1. The maximum absolute atomic E-state index is 13.6. The lowest BCUT2D eigenvalue weighted by atomic mass is 9.98. The Morgan fingerprint density at radius 1 is 1.11 bits per heavy atom. The molecule has 28 heavy (non-hydrogen) atoms. The Kier molecular flexibility index (Phi) is 5.88. The highest BCUT2D eigenvalue weighted by Gasteiger charge is 2.34. The molecule has 1 fully saturated rings. The number of hydrogen-bond acceptors (Lipinski definition) is 4. The van der Waals surface area contributed by atoms with E-state index >= 15 is 0 Å². The SMILES string of the molecule is CS(=O)(=O)c1ccc(/C(=C\C2CC(F)C(F)C2)C(=O)Nc2ccccn2)cc1. The molecule has 3 rings (SSSR count). The molecular formula is C20H20F2N2O3S. The summed E-state index contributed by atoms with van der Waals surface area (Å²) in [6.07, 6.45) is 1.08. The molecule has 1 aromatic heterocycles. The number of nitrogens with zero attached hydrogens (tertiary/aromatic N) is 1. The number of nitrogens with one attached hydrogen (secondary N) is 1. The van der Waals surface area contributed by atoms with Gasteiger partial charge in [0.05, 0.1) is 4.90 Å². The number of sulfone groups is 1. The Morgan fingerprint density at radius 3 is 2.29 bits per heavy atom. The van der Waals surface area contributed by atoms with Gasteiger partial charge in [-0.15, -0.1) is 0 Å². The molecule has 8 heteroatoms. The average Bonchev–Trinajstić information content (AvgIpc) is 2.97. The normalized spacial score (nSPS) is 22.8. The molecule has 2 aromatic rings. The van der Waals surface area contributed by atoms with Crippen LogP contribution in [0.1, 0.15) is 18.4 Å². The Bertz CT molecular complexity index is 966. The number of benzene rings is 1. The number of halogens is 2. The molecule has 1 saturated carbocycles. The summed E-state index contributed by atoms with van der Waals surface area (Å²) in [5.41, 5.74) is 0.676. The van der Waals surface area contributed by atoms with Crippen LogP contribution in [0.3, 0.4) is 0 Å². The Balaban J connectivity index is 1.93. The van der Waals surface area contributed by atoms with E-state index in [1.807, 2.05) is 0 Å². The number of allylic oxidation sites excluding steroid dienone is 1. The molecule has 0 bridgehead atoms. The van der Waals surface area contributed by atoms with Crippen molar-refractivity contribution in [3.8, 4) is 0 Å². The van der Waals surface area contributed by atoms with Crippen LogP contribution in [0, 0.1) is 5.92 Å². The van der Waals surface area contributed by atoms with E-state index < -0.39 is 34.0 Å². The summed E-state index contributed by atoms with van der Waals surface area (Å²) >= 11 is 0. The number of carbonyl (C=O) groups is 1. The highest BCUT2D eigenvalue weighted by atomic mass is 32.2. The van der Waals surface area contributed by atoms with Crippen LogP contribution in [0.4, 0.5) is 14.6 Å². The maximum Gasteiger partial charge on any atom is 0.257 e. The molecule has 1 aliphatic rings. The molecule has 2 unspecified atom stereocenters. The second-order valence-corrected chi connectivity index (χ2v) is 8.83. The summed E-state index contributed by atoms with van der Waals surface area (Å²) in [4.78, 5) is 17.0. The summed E-state index contributed by atoms with van der Waals surface area (Å²) in [6.45, 7) is 0. The molecule has 5 nitrogen and oxygen atoms in total. The summed E-state index contributed by atoms with van der Waals surface area (Å²) in [5, 5.41) is 2.66. The first-order chi connectivity index (χ1) is 13.2. The predicted octanol–water partition coefficient (Wildman–Crippen LogP) is 3.59. The van der Waals surface area contributed by atoms with Crippen LogP contribution in [0.15, 0.2) is 59.6 Å². The zero-order chi connectivity index (χ0) is 20.3. The fourth-order valence-corrected chi connectivity index (χ4v) is 3.78. The summed E-state index contributed by atoms with van der Waals surface area (Å²) in [5.74, 6) is -0.572. The molecule has 0 saturated heterocycles. The van der Waals surface area contributed by atoms with Crippen molar-refractivity contribution in [2.45, 2.75) is 30.1 Å². The predicted molar refractivity (Wildman–Crippen MR) is 103 cm³/mol. The maximum atomic E-state index is 13.6. The molecule has 1 aromatic carbocycles. The van der Waals surface area contributed by atoms with Gasteiger partial charge in [-0.3, -0.25) is 4.79 Å². The van der Waals surface area contributed by atoms with Crippen molar-refractivity contribution in [1.82, 2.24) is 4.98 Å². The molecule has 0 spiro atoms. The second kappa shape index (κ2) is 8.18. The van der Waals surface area contributed by atoms with E-state index in [1.165, 1.54) is 30.5 Å². The summed E-state index contributed by atoms with van der Waals surface area (Å²) in [6, 6.07) is 10.9. The highest BCUT2D eigenvalue weighted by Crippen LogP contribution is 2.34. The number of amides is 1. The largest absolute Gasteiger partial charge is 0.307 e. The Labute approximate surface area is 162 Å². The molecule has 148 valence electrons. The lowest BCUT2D eigenvalue weighted by Gasteiger charge is -2.12. The molecule has 0 aliphatic heterocycles. The fraction of sp³-hybridized carbons (Fsp3) is 0.300. The van der Waals surface area contributed by atoms with Gasteiger partial charge >= 0.3 is 0 Å². The Hall–Kier alpha value is -2.61. The number of alkyl halides is 2. The van der Waals surface area contributed by atoms with Gasteiger partial charge in [0, 0.05) is 18.0 Å². The first-order valence-electron chi connectivity index (χ1n) is 8.77. The van der Waals surface area contributed by atoms with Crippen LogP contribution in [-0.4, -0.2) is 37.9 Å². The van der Waals surface area contributed by atoms with Gasteiger partial charge in [0.25, 0.3) is 5.91 Å². The van der Waals surface area contributed by atoms with Crippen molar-refractivity contribution in [2.24, 2.45) is 5.92 Å². The van der Waals surface area contributed by atoms with E-state index in [2.05, 4.69) is 10.3 Å². The van der Waals surface area contributed by atoms with Gasteiger partial charge in [0.1, 0.15) is 18.2 Å². The number of aromatic nitrogens is 1. The molecular weight excluding hydrogens is 386 g/mol. The Morgan fingerprint density at radius 2 is 1.75 bits per heavy atom. The van der Waals surface area contributed by atoms with Crippen LogP contribution < -0.4 is 5.32 Å². The van der Waals surface area contributed by atoms with Crippen molar-refractivity contribution >= 4 is 27.1 Å². The van der Waals surface area contributed by atoms with Gasteiger partial charge in [-0.1, -0.05) is 24.3 Å². The third kappa shape index (κ3) is 4.81. The van der Waals surface area contributed by atoms with Crippen molar-refractivity contribution in [2.75, 3.05) is 11.6 Å². The minimum Gasteiger partial charge on any atom is -0.307 e. The first-order valence-corrected chi connectivity index (χ1v) is 10.7. The zero-order valence-electron chi connectivity index (χ0n) is 15.2. The van der Waals surface area contributed by atoms with Crippen LogP contribution in [0.25, 0.3) is 5.57 Å². The van der Waals surface area contributed by atoms with Crippen LogP contribution in [-0.2, 0) is 14.6 Å². The van der Waals surface area contributed by atoms with Gasteiger partial charge < -0.3 is 5.32 Å². The quantitative estimate of drug-likeness (QED) is 0.770. The topological polar surface area (TPSA) is 76.1 Å². The van der Waals surface area contributed by atoms with Gasteiger partial charge in [0.2, 0.25) is 0 Å². The van der Waals surface area contributed by atoms with E-state index in [4.69, 9.17) is 0 Å². The van der Waals surface area contributed by atoms with Crippen molar-refractivity contribution in [3.63, 3.8) is 0 Å². The average molecular weight is 406 g/mol. The fourth-order valence-electron chi connectivity index (χ4n) is 3.15. The molecule has 0 radical (unpaired) electrons. The van der Waals surface area contributed by atoms with Gasteiger partial charge in [0.15, 0.2) is 9.84 Å². The monoisotopic (exact) mass is 406 g/mol. The van der Waals surface area contributed by atoms with Crippen LogP contribution >= 0.6 is 0 Å². The number of rotatable bonds is 5. The molecule has 1 heterocycles. The van der Waals surface area contributed by atoms with E-state index in [0.717, 1.165) is 6.26 Å². The molecule has 1 N–H and O–H groups in total. The van der Waals surface area contributed by atoms with Gasteiger partial charge in [-0.25, -0.2) is 22.2 Å².